The Hall–Kier alpha value is -1.69. The Morgan fingerprint density at radius 2 is 2.25 bits per heavy atom. The molecule has 2 N–H and O–H groups in total. The lowest BCUT2D eigenvalue weighted by Gasteiger charge is -2.22. The lowest BCUT2D eigenvalue weighted by molar-refractivity contribution is 0.0603. The standard InChI is InChI=1S/C15H17N3OS/c1-15(19,13-5-4-8-20-13)11-16-9-12-10-17-14-6-2-3-7-18(12)14/h2-8,10,16,19H,9,11H2,1H3. The van der Waals surface area contributed by atoms with Crippen molar-refractivity contribution in [2.75, 3.05) is 6.54 Å². The van der Waals surface area contributed by atoms with Crippen LogP contribution in [-0.4, -0.2) is 21.0 Å². The van der Waals surface area contributed by atoms with Crippen LogP contribution >= 0.6 is 11.3 Å². The van der Waals surface area contributed by atoms with E-state index in [1.807, 2.05) is 59.4 Å². The van der Waals surface area contributed by atoms with Crippen molar-refractivity contribution in [2.24, 2.45) is 0 Å². The van der Waals surface area contributed by atoms with Crippen LogP contribution in [0.4, 0.5) is 0 Å². The number of hydrogen-bond donors (Lipinski definition) is 2. The van der Waals surface area contributed by atoms with Gasteiger partial charge in [0.1, 0.15) is 11.2 Å². The van der Waals surface area contributed by atoms with E-state index in [9.17, 15) is 5.11 Å². The predicted molar refractivity (Wildman–Crippen MR) is 80.8 cm³/mol. The number of hydrogen-bond acceptors (Lipinski definition) is 4. The normalized spacial score (nSPS) is 14.5. The zero-order valence-corrected chi connectivity index (χ0v) is 12.1. The molecule has 0 amide bonds. The van der Waals surface area contributed by atoms with Crippen LogP contribution in [0.1, 0.15) is 17.5 Å². The molecule has 3 aromatic heterocycles. The Bertz CT molecular complexity index is 688. The number of pyridine rings is 1. The van der Waals surface area contributed by atoms with Crippen molar-refractivity contribution in [3.8, 4) is 0 Å². The second-order valence-electron chi connectivity index (χ2n) is 5.03. The summed E-state index contributed by atoms with van der Waals surface area (Å²) in [5.41, 5.74) is 1.19. The summed E-state index contributed by atoms with van der Waals surface area (Å²) >= 11 is 1.57. The molecule has 4 nitrogen and oxygen atoms in total. The third-order valence-electron chi connectivity index (χ3n) is 3.32. The number of nitrogens with zero attached hydrogens (tertiary/aromatic N) is 2. The molecule has 0 saturated heterocycles. The first-order valence-electron chi connectivity index (χ1n) is 6.55. The molecule has 0 aromatic carbocycles. The summed E-state index contributed by atoms with van der Waals surface area (Å²) < 4.78 is 2.05. The Morgan fingerprint density at radius 1 is 1.35 bits per heavy atom. The lowest BCUT2D eigenvalue weighted by Crippen LogP contribution is -2.34. The van der Waals surface area contributed by atoms with E-state index in [0.29, 0.717) is 13.1 Å². The molecular formula is C15H17N3OS. The van der Waals surface area contributed by atoms with E-state index >= 15 is 0 Å². The minimum absolute atomic E-state index is 0.508. The predicted octanol–water partition coefficient (Wildman–Crippen LogP) is 2.39. The maximum Gasteiger partial charge on any atom is 0.136 e. The minimum atomic E-state index is -0.839. The molecule has 0 radical (unpaired) electrons. The average Bonchev–Trinajstić information content (AvgIpc) is 3.08. The Morgan fingerprint density at radius 3 is 3.05 bits per heavy atom. The van der Waals surface area contributed by atoms with Gasteiger partial charge in [0.25, 0.3) is 0 Å². The first kappa shape index (κ1) is 13.3. The largest absolute Gasteiger partial charge is 0.383 e. The molecule has 0 aliphatic heterocycles. The van der Waals surface area contributed by atoms with Crippen molar-refractivity contribution >= 4 is 17.0 Å². The summed E-state index contributed by atoms with van der Waals surface area (Å²) in [6.07, 6.45) is 3.86. The van der Waals surface area contributed by atoms with E-state index in [2.05, 4.69) is 10.3 Å². The smallest absolute Gasteiger partial charge is 0.136 e. The van der Waals surface area contributed by atoms with Crippen LogP contribution in [0.2, 0.25) is 0 Å². The van der Waals surface area contributed by atoms with Gasteiger partial charge in [-0.2, -0.15) is 0 Å². The molecule has 1 unspecified atom stereocenters. The van der Waals surface area contributed by atoms with E-state index < -0.39 is 5.60 Å². The molecule has 0 aliphatic carbocycles. The summed E-state index contributed by atoms with van der Waals surface area (Å²) in [5, 5.41) is 15.7. The molecule has 3 heterocycles. The molecule has 104 valence electrons. The Labute approximate surface area is 121 Å². The van der Waals surface area contributed by atoms with Crippen molar-refractivity contribution in [2.45, 2.75) is 19.1 Å². The quantitative estimate of drug-likeness (QED) is 0.757. The lowest BCUT2D eigenvalue weighted by atomic mass is 10.1. The number of thiophene rings is 1. The van der Waals surface area contributed by atoms with Crippen molar-refractivity contribution in [3.63, 3.8) is 0 Å². The van der Waals surface area contributed by atoms with Crippen molar-refractivity contribution < 1.29 is 5.11 Å². The minimum Gasteiger partial charge on any atom is -0.383 e. The number of rotatable bonds is 5. The van der Waals surface area contributed by atoms with Crippen LogP contribution < -0.4 is 5.32 Å². The van der Waals surface area contributed by atoms with Gasteiger partial charge in [-0.15, -0.1) is 11.3 Å². The fraction of sp³-hybridized carbons (Fsp3) is 0.267. The molecular weight excluding hydrogens is 270 g/mol. The molecule has 3 rings (SSSR count). The second kappa shape index (κ2) is 5.36. The average molecular weight is 287 g/mol. The van der Waals surface area contributed by atoms with E-state index in [0.717, 1.165) is 16.2 Å². The van der Waals surface area contributed by atoms with E-state index in [-0.39, 0.29) is 0 Å². The van der Waals surface area contributed by atoms with Gasteiger partial charge in [0, 0.05) is 24.2 Å². The summed E-state index contributed by atoms with van der Waals surface area (Å²) in [5.74, 6) is 0. The fourth-order valence-electron chi connectivity index (χ4n) is 2.22. The summed E-state index contributed by atoms with van der Waals surface area (Å²) in [6, 6.07) is 9.85. The van der Waals surface area contributed by atoms with Gasteiger partial charge in [0.15, 0.2) is 0 Å². The topological polar surface area (TPSA) is 49.6 Å². The highest BCUT2D eigenvalue weighted by Gasteiger charge is 2.23. The maximum atomic E-state index is 10.4. The molecule has 0 saturated carbocycles. The molecule has 0 fully saturated rings. The molecule has 20 heavy (non-hydrogen) atoms. The highest BCUT2D eigenvalue weighted by atomic mass is 32.1. The maximum absolute atomic E-state index is 10.4. The first-order chi connectivity index (χ1) is 9.67. The molecule has 3 aromatic rings. The monoisotopic (exact) mass is 287 g/mol. The summed E-state index contributed by atoms with van der Waals surface area (Å²) in [4.78, 5) is 5.32. The number of aromatic nitrogens is 2. The first-order valence-corrected chi connectivity index (χ1v) is 7.43. The molecule has 0 aliphatic rings. The molecule has 0 bridgehead atoms. The van der Waals surface area contributed by atoms with Gasteiger partial charge in [-0.3, -0.25) is 0 Å². The fourth-order valence-corrected chi connectivity index (χ4v) is 3.01. The van der Waals surface area contributed by atoms with Crippen LogP contribution in [0, 0.1) is 0 Å². The van der Waals surface area contributed by atoms with Gasteiger partial charge in [-0.1, -0.05) is 12.1 Å². The van der Waals surface area contributed by atoms with Crippen LogP contribution in [0.15, 0.2) is 48.1 Å². The molecule has 5 heteroatoms. The van der Waals surface area contributed by atoms with Crippen molar-refractivity contribution in [1.82, 2.24) is 14.7 Å². The third kappa shape index (κ3) is 2.60. The SMILES string of the molecule is CC(O)(CNCc1cnc2ccccn12)c1cccs1. The highest BCUT2D eigenvalue weighted by Crippen LogP contribution is 2.24. The molecule has 1 atom stereocenters. The third-order valence-corrected chi connectivity index (χ3v) is 4.44. The van der Waals surface area contributed by atoms with Crippen LogP contribution in [-0.2, 0) is 12.1 Å². The van der Waals surface area contributed by atoms with E-state index in [4.69, 9.17) is 0 Å². The van der Waals surface area contributed by atoms with E-state index in [1.54, 1.807) is 11.3 Å². The van der Waals surface area contributed by atoms with E-state index in [1.165, 1.54) is 0 Å². The zero-order chi connectivity index (χ0) is 14.0. The van der Waals surface area contributed by atoms with Gasteiger partial charge < -0.3 is 14.8 Å². The Balaban J connectivity index is 1.66. The molecule has 0 spiro atoms. The Kier molecular flexibility index (Phi) is 3.56. The number of nitrogens with one attached hydrogen (secondary N) is 1. The van der Waals surface area contributed by atoms with Gasteiger partial charge in [0.2, 0.25) is 0 Å². The summed E-state index contributed by atoms with van der Waals surface area (Å²) in [6.45, 7) is 3.01. The highest BCUT2D eigenvalue weighted by molar-refractivity contribution is 7.10. The van der Waals surface area contributed by atoms with Crippen LogP contribution in [0.25, 0.3) is 5.65 Å². The van der Waals surface area contributed by atoms with Crippen LogP contribution in [0.3, 0.4) is 0 Å². The number of aliphatic hydroxyl groups is 1. The van der Waals surface area contributed by atoms with Crippen molar-refractivity contribution in [3.05, 3.63) is 58.7 Å². The van der Waals surface area contributed by atoms with Crippen molar-refractivity contribution in [1.29, 1.82) is 0 Å². The van der Waals surface area contributed by atoms with Gasteiger partial charge in [-0.05, 0) is 30.5 Å². The number of fused-ring (bicyclic) bond motifs is 1. The van der Waals surface area contributed by atoms with Gasteiger partial charge in [0.05, 0.1) is 11.9 Å². The number of imidazole rings is 1. The zero-order valence-electron chi connectivity index (χ0n) is 11.3. The van der Waals surface area contributed by atoms with Crippen LogP contribution in [0.5, 0.6) is 0 Å². The summed E-state index contributed by atoms with van der Waals surface area (Å²) in [7, 11) is 0. The second-order valence-corrected chi connectivity index (χ2v) is 5.98. The van der Waals surface area contributed by atoms with Gasteiger partial charge >= 0.3 is 0 Å². The van der Waals surface area contributed by atoms with Gasteiger partial charge in [-0.25, -0.2) is 4.98 Å².